The third-order valence-corrected chi connectivity index (χ3v) is 3.19. The third-order valence-electron chi connectivity index (χ3n) is 3.19. The van der Waals surface area contributed by atoms with Crippen LogP contribution in [0.5, 0.6) is 0 Å². The van der Waals surface area contributed by atoms with Gasteiger partial charge in [0, 0.05) is 25.0 Å². The summed E-state index contributed by atoms with van der Waals surface area (Å²) < 4.78 is 5.97. The number of ether oxygens (including phenoxy) is 1. The number of rotatable bonds is 9. The minimum absolute atomic E-state index is 0.000346. The van der Waals surface area contributed by atoms with E-state index in [2.05, 4.69) is 18.8 Å². The maximum Gasteiger partial charge on any atom is 0.0976 e. The fraction of sp³-hybridized carbons (Fsp3) is 0.667. The maximum absolute atomic E-state index is 6.14. The molecule has 0 saturated heterocycles. The summed E-state index contributed by atoms with van der Waals surface area (Å²) >= 11 is 0. The zero-order valence-electron chi connectivity index (χ0n) is 11.6. The molecular formula is C15H26N2O. The number of nitrogens with two attached hydrogens (primary N) is 1. The van der Waals surface area contributed by atoms with Crippen molar-refractivity contribution >= 4 is 0 Å². The summed E-state index contributed by atoms with van der Waals surface area (Å²) in [5.74, 6) is 0. The number of unbranched alkanes of at least 4 members (excludes halogenated alkanes) is 3. The zero-order chi connectivity index (χ0) is 13.2. The van der Waals surface area contributed by atoms with E-state index >= 15 is 0 Å². The molecule has 0 aliphatic rings. The minimum Gasteiger partial charge on any atom is -0.372 e. The van der Waals surface area contributed by atoms with Gasteiger partial charge in [-0.2, -0.15) is 0 Å². The Morgan fingerprint density at radius 1 is 1.17 bits per heavy atom. The number of pyridine rings is 1. The van der Waals surface area contributed by atoms with Crippen molar-refractivity contribution in [2.45, 2.75) is 58.1 Å². The Labute approximate surface area is 111 Å². The van der Waals surface area contributed by atoms with Crippen LogP contribution in [0.1, 0.15) is 57.6 Å². The predicted molar refractivity (Wildman–Crippen MR) is 75.3 cm³/mol. The van der Waals surface area contributed by atoms with Gasteiger partial charge in [-0.15, -0.1) is 0 Å². The molecule has 1 aromatic rings. The first-order valence-electron chi connectivity index (χ1n) is 7.06. The van der Waals surface area contributed by atoms with Crippen molar-refractivity contribution in [2.24, 2.45) is 5.73 Å². The van der Waals surface area contributed by atoms with Crippen molar-refractivity contribution in [3.63, 3.8) is 0 Å². The standard InChI is InChI=1S/C15H26N2O/c1-3-5-6-7-12-18-15(14(16)4-2)13-8-10-17-11-9-13/h8-11,14-15H,3-7,12,16H2,1-2H3. The maximum atomic E-state index is 6.14. The lowest BCUT2D eigenvalue weighted by Crippen LogP contribution is -2.29. The van der Waals surface area contributed by atoms with Gasteiger partial charge in [0.05, 0.1) is 6.10 Å². The first-order valence-corrected chi connectivity index (χ1v) is 7.06. The number of nitrogens with zero attached hydrogens (tertiary/aromatic N) is 1. The first-order chi connectivity index (χ1) is 8.79. The van der Waals surface area contributed by atoms with Crippen molar-refractivity contribution < 1.29 is 4.74 Å². The molecule has 0 radical (unpaired) electrons. The average molecular weight is 250 g/mol. The lowest BCUT2D eigenvalue weighted by Gasteiger charge is -2.23. The lowest BCUT2D eigenvalue weighted by molar-refractivity contribution is 0.0311. The van der Waals surface area contributed by atoms with Gasteiger partial charge in [-0.1, -0.05) is 33.1 Å². The molecule has 0 bridgehead atoms. The molecule has 18 heavy (non-hydrogen) atoms. The fourth-order valence-corrected chi connectivity index (χ4v) is 1.97. The predicted octanol–water partition coefficient (Wildman–Crippen LogP) is 3.46. The van der Waals surface area contributed by atoms with Gasteiger partial charge in [-0.3, -0.25) is 4.98 Å². The molecule has 2 N–H and O–H groups in total. The van der Waals surface area contributed by atoms with Crippen LogP contribution in [0, 0.1) is 0 Å². The molecule has 2 atom stereocenters. The van der Waals surface area contributed by atoms with E-state index in [1.807, 2.05) is 12.1 Å². The number of hydrogen-bond donors (Lipinski definition) is 1. The first kappa shape index (κ1) is 15.1. The topological polar surface area (TPSA) is 48.1 Å². The van der Waals surface area contributed by atoms with E-state index in [-0.39, 0.29) is 12.1 Å². The van der Waals surface area contributed by atoms with E-state index in [1.54, 1.807) is 12.4 Å². The van der Waals surface area contributed by atoms with E-state index in [4.69, 9.17) is 10.5 Å². The molecule has 0 amide bonds. The van der Waals surface area contributed by atoms with Gasteiger partial charge in [0.25, 0.3) is 0 Å². The van der Waals surface area contributed by atoms with Crippen LogP contribution in [0.15, 0.2) is 24.5 Å². The molecule has 1 rings (SSSR count). The molecule has 0 aliphatic heterocycles. The summed E-state index contributed by atoms with van der Waals surface area (Å²) in [4.78, 5) is 4.04. The van der Waals surface area contributed by atoms with Crippen molar-refractivity contribution in [1.29, 1.82) is 0 Å². The van der Waals surface area contributed by atoms with Crippen LogP contribution in [-0.2, 0) is 4.74 Å². The Morgan fingerprint density at radius 3 is 2.50 bits per heavy atom. The lowest BCUT2D eigenvalue weighted by atomic mass is 10.0. The third kappa shape index (κ3) is 5.15. The summed E-state index contributed by atoms with van der Waals surface area (Å²) in [6.45, 7) is 5.10. The van der Waals surface area contributed by atoms with Gasteiger partial charge in [0.1, 0.15) is 0 Å². The molecule has 0 aromatic carbocycles. The second-order valence-electron chi connectivity index (χ2n) is 4.70. The van der Waals surface area contributed by atoms with Crippen molar-refractivity contribution in [3.05, 3.63) is 30.1 Å². The SMILES string of the molecule is CCCCCCOC(c1ccncc1)C(N)CC. The molecule has 1 aromatic heterocycles. The Morgan fingerprint density at radius 2 is 1.89 bits per heavy atom. The van der Waals surface area contributed by atoms with Crippen LogP contribution in [0.2, 0.25) is 0 Å². The highest BCUT2D eigenvalue weighted by Crippen LogP contribution is 2.21. The highest BCUT2D eigenvalue weighted by molar-refractivity contribution is 5.15. The van der Waals surface area contributed by atoms with Gasteiger partial charge in [-0.25, -0.2) is 0 Å². The van der Waals surface area contributed by atoms with Crippen LogP contribution < -0.4 is 5.73 Å². The Bertz CT molecular complexity index is 303. The van der Waals surface area contributed by atoms with E-state index in [0.29, 0.717) is 0 Å². The largest absolute Gasteiger partial charge is 0.372 e. The van der Waals surface area contributed by atoms with Crippen LogP contribution in [0.4, 0.5) is 0 Å². The van der Waals surface area contributed by atoms with Gasteiger partial charge in [-0.05, 0) is 30.5 Å². The van der Waals surface area contributed by atoms with Gasteiger partial charge in [0.15, 0.2) is 0 Å². The summed E-state index contributed by atoms with van der Waals surface area (Å²) in [6, 6.07) is 4.04. The molecule has 0 spiro atoms. The van der Waals surface area contributed by atoms with Crippen LogP contribution >= 0.6 is 0 Å². The quantitative estimate of drug-likeness (QED) is 0.683. The van der Waals surface area contributed by atoms with E-state index in [1.165, 1.54) is 19.3 Å². The van der Waals surface area contributed by atoms with Gasteiger partial charge < -0.3 is 10.5 Å². The summed E-state index contributed by atoms with van der Waals surface area (Å²) in [6.07, 6.45) is 9.40. The van der Waals surface area contributed by atoms with Crippen LogP contribution in [0.3, 0.4) is 0 Å². The Balaban J connectivity index is 2.47. The molecule has 0 saturated carbocycles. The molecule has 102 valence electrons. The van der Waals surface area contributed by atoms with Crippen molar-refractivity contribution in [1.82, 2.24) is 4.98 Å². The molecule has 3 nitrogen and oxygen atoms in total. The summed E-state index contributed by atoms with van der Waals surface area (Å²) in [5.41, 5.74) is 7.28. The van der Waals surface area contributed by atoms with E-state index < -0.39 is 0 Å². The monoisotopic (exact) mass is 250 g/mol. The molecule has 3 heteroatoms. The minimum atomic E-state index is -0.000346. The van der Waals surface area contributed by atoms with E-state index in [0.717, 1.165) is 25.0 Å². The second-order valence-corrected chi connectivity index (χ2v) is 4.70. The van der Waals surface area contributed by atoms with Gasteiger partial charge >= 0.3 is 0 Å². The average Bonchev–Trinajstić information content (AvgIpc) is 2.43. The normalized spacial score (nSPS) is 14.4. The van der Waals surface area contributed by atoms with E-state index in [9.17, 15) is 0 Å². The smallest absolute Gasteiger partial charge is 0.0976 e. The molecule has 0 fully saturated rings. The highest BCUT2D eigenvalue weighted by Gasteiger charge is 2.18. The van der Waals surface area contributed by atoms with Crippen LogP contribution in [0.25, 0.3) is 0 Å². The Kier molecular flexibility index (Phi) is 7.62. The Hall–Kier alpha value is -0.930. The van der Waals surface area contributed by atoms with Crippen LogP contribution in [-0.4, -0.2) is 17.6 Å². The summed E-state index contributed by atoms with van der Waals surface area (Å²) in [5, 5.41) is 0. The fourth-order valence-electron chi connectivity index (χ4n) is 1.97. The highest BCUT2D eigenvalue weighted by atomic mass is 16.5. The zero-order valence-corrected chi connectivity index (χ0v) is 11.6. The van der Waals surface area contributed by atoms with Crippen molar-refractivity contribution in [2.75, 3.05) is 6.61 Å². The molecule has 2 unspecified atom stereocenters. The van der Waals surface area contributed by atoms with Gasteiger partial charge in [0.2, 0.25) is 0 Å². The molecule has 1 heterocycles. The molecule has 0 aliphatic carbocycles. The number of aromatic nitrogens is 1. The van der Waals surface area contributed by atoms with Crippen molar-refractivity contribution in [3.8, 4) is 0 Å². The molecular weight excluding hydrogens is 224 g/mol. The second kappa shape index (κ2) is 9.06. The number of hydrogen-bond acceptors (Lipinski definition) is 3. The summed E-state index contributed by atoms with van der Waals surface area (Å²) in [7, 11) is 0.